The van der Waals surface area contributed by atoms with E-state index in [4.69, 9.17) is 0 Å². The molecule has 430 valence electrons. The highest BCUT2D eigenvalue weighted by atomic mass is 15.1. The van der Waals surface area contributed by atoms with Gasteiger partial charge in [0.25, 0.3) is 0 Å². The van der Waals surface area contributed by atoms with Crippen LogP contribution in [0.15, 0.2) is 291 Å². The number of rotatable bonds is 10. The number of para-hydroxylation sites is 2. The summed E-state index contributed by atoms with van der Waals surface area (Å²) in [7, 11) is 0. The average Bonchev–Trinajstić information content (AvgIpc) is 1.32. The second-order valence-corrected chi connectivity index (χ2v) is 26.2. The standard InChI is InChI=1S/C88H68N2/c1-87(2)81-29-17-15-27-73(81)75-47-39-63(53-83(75)87)59-35-41-69(42-36-59)89(67-23-7-5-8-24-67)71-45-49-77-79(55-71)85(65-33-31-57-19-11-13-21-61(57)51-65)78-50-46-72(56-80(78)86(77)66-34-32-58-20-12-14-22-62(58)52-66)90(68-25-9-6-10-26-68)70-43-37-60(38-44-70)64-40-48-76-74-28-16-18-30-82(74)88(3,4)84(76)54-64/h5-13,15-17,19-21,23-29,31-56H,14,18,22,30H2,1-4H3. The van der Waals surface area contributed by atoms with Crippen molar-refractivity contribution in [2.24, 2.45) is 0 Å². The quantitative estimate of drug-likeness (QED) is 0.126. The molecule has 0 atom stereocenters. The molecular weight excluding hydrogens is 1080 g/mol. The van der Waals surface area contributed by atoms with E-state index in [0.29, 0.717) is 0 Å². The van der Waals surface area contributed by atoms with E-state index < -0.39 is 0 Å². The summed E-state index contributed by atoms with van der Waals surface area (Å²) in [5.41, 5.74) is 30.3. The van der Waals surface area contributed by atoms with E-state index in [1.54, 1.807) is 5.57 Å². The summed E-state index contributed by atoms with van der Waals surface area (Å²) in [6.07, 6.45) is 13.6. The molecule has 4 aliphatic carbocycles. The van der Waals surface area contributed by atoms with E-state index >= 15 is 0 Å². The Morgan fingerprint density at radius 1 is 0.300 bits per heavy atom. The molecule has 0 fully saturated rings. The lowest BCUT2D eigenvalue weighted by Gasteiger charge is -2.28. The topological polar surface area (TPSA) is 6.48 Å². The number of fused-ring (bicyclic) bond motifs is 9. The van der Waals surface area contributed by atoms with Crippen LogP contribution in [0, 0.1) is 0 Å². The van der Waals surface area contributed by atoms with Gasteiger partial charge in [0.1, 0.15) is 0 Å². The third-order valence-corrected chi connectivity index (χ3v) is 20.4. The van der Waals surface area contributed by atoms with Crippen LogP contribution in [0.5, 0.6) is 0 Å². The van der Waals surface area contributed by atoms with Gasteiger partial charge in [0, 0.05) is 45.0 Å². The molecule has 0 saturated carbocycles. The summed E-state index contributed by atoms with van der Waals surface area (Å²) in [6.45, 7) is 9.55. The number of hydrogen-bond donors (Lipinski definition) is 0. The van der Waals surface area contributed by atoms with E-state index in [2.05, 4.69) is 329 Å². The van der Waals surface area contributed by atoms with Gasteiger partial charge in [-0.05, 0) is 244 Å². The highest BCUT2D eigenvalue weighted by Crippen LogP contribution is 2.54. The second-order valence-electron chi connectivity index (χ2n) is 26.2. The van der Waals surface area contributed by atoms with Crippen LogP contribution in [0.25, 0.3) is 99.6 Å². The molecule has 2 heteroatoms. The van der Waals surface area contributed by atoms with Crippen molar-refractivity contribution in [3.63, 3.8) is 0 Å². The fourth-order valence-electron chi connectivity index (χ4n) is 15.8. The number of benzene rings is 13. The first-order chi connectivity index (χ1) is 44.1. The predicted molar refractivity (Wildman–Crippen MR) is 383 cm³/mol. The maximum atomic E-state index is 2.48. The van der Waals surface area contributed by atoms with E-state index in [1.807, 2.05) is 0 Å². The number of allylic oxidation sites excluding steroid dienone is 5. The van der Waals surface area contributed by atoms with E-state index in [0.717, 1.165) is 59.8 Å². The SMILES string of the molecule is CC1(C)C2=C(C=CCC2)c2ccc(-c3ccc(N(c4ccccc4)c4ccc5c(-c6ccc7ccccc7c6)c6cc(N(c7ccccc7)c7ccc(-c8ccc9c(c8)C(C)(C)c8ccccc8-9)cc7)ccc6c(-c6ccc7c(c6)CCC=C7)c5c4)cc3)cc21. The summed E-state index contributed by atoms with van der Waals surface area (Å²) in [4.78, 5) is 4.88. The molecule has 0 unspecified atom stereocenters. The van der Waals surface area contributed by atoms with Gasteiger partial charge in [-0.3, -0.25) is 0 Å². The molecule has 13 aromatic rings. The van der Waals surface area contributed by atoms with E-state index in [1.165, 1.54) is 127 Å². The molecule has 0 heterocycles. The average molecular weight is 1150 g/mol. The van der Waals surface area contributed by atoms with Crippen molar-refractivity contribution >= 4 is 78.1 Å². The molecule has 0 aliphatic heterocycles. The Bertz CT molecular complexity index is 5150. The Morgan fingerprint density at radius 2 is 0.778 bits per heavy atom. The molecule has 0 saturated heterocycles. The molecule has 4 aliphatic rings. The summed E-state index contributed by atoms with van der Waals surface area (Å²) in [5.74, 6) is 0. The van der Waals surface area contributed by atoms with Crippen LogP contribution < -0.4 is 9.80 Å². The lowest BCUT2D eigenvalue weighted by atomic mass is 9.78. The normalized spacial score (nSPS) is 14.8. The minimum absolute atomic E-state index is 0.00877. The largest absolute Gasteiger partial charge is 0.310 e. The number of aryl methyl sites for hydroxylation is 1. The van der Waals surface area contributed by atoms with Crippen molar-refractivity contribution in [3.05, 3.63) is 324 Å². The first-order valence-electron chi connectivity index (χ1n) is 32.2. The highest BCUT2D eigenvalue weighted by Gasteiger charge is 2.38. The minimum atomic E-state index is -0.0771. The zero-order chi connectivity index (χ0) is 60.2. The molecule has 0 radical (unpaired) electrons. The molecule has 0 N–H and O–H groups in total. The number of hydrogen-bond acceptors (Lipinski definition) is 2. The van der Waals surface area contributed by atoms with Gasteiger partial charge in [-0.1, -0.05) is 233 Å². The Kier molecular flexibility index (Phi) is 12.6. The van der Waals surface area contributed by atoms with Crippen molar-refractivity contribution in [1.82, 2.24) is 0 Å². The fourth-order valence-corrected chi connectivity index (χ4v) is 15.8. The van der Waals surface area contributed by atoms with Gasteiger partial charge in [0.05, 0.1) is 0 Å². The van der Waals surface area contributed by atoms with Crippen LogP contribution in [0.3, 0.4) is 0 Å². The minimum Gasteiger partial charge on any atom is -0.310 e. The first kappa shape index (κ1) is 53.7. The molecule has 0 amide bonds. The summed E-state index contributed by atoms with van der Waals surface area (Å²) < 4.78 is 0. The third-order valence-electron chi connectivity index (χ3n) is 20.4. The maximum Gasteiger partial charge on any atom is 0.0468 e. The van der Waals surface area contributed by atoms with Crippen molar-refractivity contribution < 1.29 is 0 Å². The zero-order valence-electron chi connectivity index (χ0n) is 51.4. The maximum absolute atomic E-state index is 2.48. The van der Waals surface area contributed by atoms with Crippen LogP contribution in [-0.2, 0) is 17.3 Å². The Morgan fingerprint density at radius 3 is 1.42 bits per heavy atom. The molecule has 0 aromatic heterocycles. The van der Waals surface area contributed by atoms with Crippen LogP contribution in [0.2, 0.25) is 0 Å². The number of nitrogens with zero attached hydrogens (tertiary/aromatic N) is 2. The lowest BCUT2D eigenvalue weighted by molar-refractivity contribution is 0.607. The van der Waals surface area contributed by atoms with Gasteiger partial charge in [0.15, 0.2) is 0 Å². The Labute approximate surface area is 528 Å². The highest BCUT2D eigenvalue weighted by molar-refractivity contribution is 6.23. The van der Waals surface area contributed by atoms with Crippen LogP contribution in [0.1, 0.15) is 80.3 Å². The van der Waals surface area contributed by atoms with E-state index in [-0.39, 0.29) is 10.8 Å². The molecule has 17 rings (SSSR count). The third kappa shape index (κ3) is 8.75. The van der Waals surface area contributed by atoms with Crippen LogP contribution >= 0.6 is 0 Å². The predicted octanol–water partition coefficient (Wildman–Crippen LogP) is 24.4. The van der Waals surface area contributed by atoms with Crippen molar-refractivity contribution in [2.45, 2.75) is 64.2 Å². The van der Waals surface area contributed by atoms with Gasteiger partial charge < -0.3 is 9.80 Å². The van der Waals surface area contributed by atoms with Crippen LogP contribution in [0.4, 0.5) is 34.1 Å². The molecule has 90 heavy (non-hydrogen) atoms. The van der Waals surface area contributed by atoms with Crippen LogP contribution in [-0.4, -0.2) is 0 Å². The molecule has 13 aromatic carbocycles. The molecular formula is C88H68N2. The summed E-state index contributed by atoms with van der Waals surface area (Å²) in [6, 6.07) is 101. The number of anilines is 6. The molecule has 2 nitrogen and oxygen atoms in total. The fraction of sp³-hybridized carbons (Fsp3) is 0.114. The second kappa shape index (κ2) is 21.1. The van der Waals surface area contributed by atoms with Gasteiger partial charge in [-0.2, -0.15) is 0 Å². The van der Waals surface area contributed by atoms with Crippen molar-refractivity contribution in [1.29, 1.82) is 0 Å². The van der Waals surface area contributed by atoms with Gasteiger partial charge in [-0.15, -0.1) is 0 Å². The zero-order valence-corrected chi connectivity index (χ0v) is 51.4. The van der Waals surface area contributed by atoms with E-state index in [9.17, 15) is 0 Å². The Balaban J connectivity index is 0.842. The summed E-state index contributed by atoms with van der Waals surface area (Å²) in [5, 5.41) is 7.27. The first-order valence-corrected chi connectivity index (χ1v) is 32.2. The lowest BCUT2D eigenvalue weighted by Crippen LogP contribution is -2.17. The van der Waals surface area contributed by atoms with Gasteiger partial charge in [0.2, 0.25) is 0 Å². The molecule has 0 spiro atoms. The monoisotopic (exact) mass is 1150 g/mol. The Hall–Kier alpha value is -10.5. The smallest absolute Gasteiger partial charge is 0.0468 e. The van der Waals surface area contributed by atoms with Gasteiger partial charge >= 0.3 is 0 Å². The molecule has 0 bridgehead atoms. The van der Waals surface area contributed by atoms with Gasteiger partial charge in [-0.25, -0.2) is 0 Å². The summed E-state index contributed by atoms with van der Waals surface area (Å²) >= 11 is 0. The van der Waals surface area contributed by atoms with Crippen molar-refractivity contribution in [3.8, 4) is 55.6 Å². The van der Waals surface area contributed by atoms with Crippen molar-refractivity contribution in [2.75, 3.05) is 9.80 Å².